The van der Waals surface area contributed by atoms with E-state index in [2.05, 4.69) is 0 Å². The molecule has 1 heterocycles. The highest BCUT2D eigenvalue weighted by Gasteiger charge is 2.44. The first-order valence-corrected chi connectivity index (χ1v) is 11.1. The molecule has 1 aliphatic heterocycles. The Kier molecular flexibility index (Phi) is 6.47. The number of benzene rings is 3. The van der Waals surface area contributed by atoms with Gasteiger partial charge >= 0.3 is 6.09 Å². The molecule has 0 spiro atoms. The van der Waals surface area contributed by atoms with Gasteiger partial charge in [0, 0.05) is 31.0 Å². The molecule has 1 amide bonds. The quantitative estimate of drug-likeness (QED) is 0.485. The van der Waals surface area contributed by atoms with Gasteiger partial charge in [-0.25, -0.2) is 13.6 Å². The maximum absolute atomic E-state index is 14.1. The number of hydrogen-bond donors (Lipinski definition) is 1. The topological polar surface area (TPSA) is 49.8 Å². The van der Waals surface area contributed by atoms with Crippen molar-refractivity contribution in [3.05, 3.63) is 95.6 Å². The van der Waals surface area contributed by atoms with Gasteiger partial charge < -0.3 is 14.7 Å². The highest BCUT2D eigenvalue weighted by molar-refractivity contribution is 5.70. The third-order valence-corrected chi connectivity index (χ3v) is 6.30. The van der Waals surface area contributed by atoms with Crippen molar-refractivity contribution in [2.45, 2.75) is 44.4 Å². The zero-order chi connectivity index (χ0) is 23.6. The molecule has 1 saturated heterocycles. The van der Waals surface area contributed by atoms with E-state index in [1.165, 1.54) is 12.1 Å². The van der Waals surface area contributed by atoms with Crippen LogP contribution in [-0.4, -0.2) is 28.7 Å². The van der Waals surface area contributed by atoms with Gasteiger partial charge in [0.1, 0.15) is 17.2 Å². The minimum absolute atomic E-state index is 0.259. The molecule has 1 aliphatic rings. The molecule has 0 saturated carbocycles. The Hall–Kier alpha value is -3.25. The second kappa shape index (κ2) is 9.32. The van der Waals surface area contributed by atoms with E-state index in [9.17, 15) is 18.7 Å². The molecule has 1 fully saturated rings. The monoisotopic (exact) mass is 451 g/mol. The van der Waals surface area contributed by atoms with E-state index in [0.29, 0.717) is 30.5 Å². The Morgan fingerprint density at radius 2 is 1.73 bits per heavy atom. The van der Waals surface area contributed by atoms with Gasteiger partial charge in [0.2, 0.25) is 0 Å². The summed E-state index contributed by atoms with van der Waals surface area (Å²) >= 11 is 0. The Bertz CT molecular complexity index is 1120. The Balaban J connectivity index is 1.53. The van der Waals surface area contributed by atoms with Crippen molar-refractivity contribution in [2.24, 2.45) is 0 Å². The number of carbonyl (C=O) groups is 1. The molecule has 3 atom stereocenters. The minimum Gasteiger partial charge on any atom is -0.438 e. The van der Waals surface area contributed by atoms with Crippen molar-refractivity contribution in [3.63, 3.8) is 0 Å². The highest BCUT2D eigenvalue weighted by Crippen LogP contribution is 2.40. The molecule has 4 nitrogen and oxygen atoms in total. The first-order valence-electron chi connectivity index (χ1n) is 11.1. The van der Waals surface area contributed by atoms with Gasteiger partial charge in [-0.1, -0.05) is 54.6 Å². The largest absolute Gasteiger partial charge is 0.438 e. The molecular formula is C27H27F2NO3. The Labute approximate surface area is 192 Å². The summed E-state index contributed by atoms with van der Waals surface area (Å²) in [6, 6.07) is 20.0. The molecule has 0 radical (unpaired) electrons. The molecule has 172 valence electrons. The molecule has 2 unspecified atom stereocenters. The van der Waals surface area contributed by atoms with E-state index in [-0.39, 0.29) is 6.04 Å². The lowest BCUT2D eigenvalue weighted by Gasteiger charge is -2.44. The van der Waals surface area contributed by atoms with Crippen LogP contribution in [0.1, 0.15) is 43.9 Å². The minimum atomic E-state index is -0.868. The third-order valence-electron chi connectivity index (χ3n) is 6.30. The van der Waals surface area contributed by atoms with Crippen LogP contribution in [-0.2, 0) is 10.3 Å². The molecule has 3 aromatic carbocycles. The van der Waals surface area contributed by atoms with E-state index < -0.39 is 29.4 Å². The lowest BCUT2D eigenvalue weighted by atomic mass is 9.84. The molecule has 3 aromatic rings. The van der Waals surface area contributed by atoms with Crippen LogP contribution in [0, 0.1) is 11.6 Å². The number of cyclic esters (lactones) is 1. The van der Waals surface area contributed by atoms with Crippen LogP contribution < -0.4 is 0 Å². The summed E-state index contributed by atoms with van der Waals surface area (Å²) in [5.41, 5.74) is 1.83. The van der Waals surface area contributed by atoms with E-state index >= 15 is 0 Å². The molecule has 4 rings (SSSR count). The summed E-state index contributed by atoms with van der Waals surface area (Å²) in [5.74, 6) is -1.24. The van der Waals surface area contributed by atoms with Crippen molar-refractivity contribution in [2.75, 3.05) is 6.54 Å². The van der Waals surface area contributed by atoms with Crippen molar-refractivity contribution >= 4 is 6.09 Å². The standard InChI is InChI=1S/C27H27F2NO3/c1-18(31)17-27(22-6-4-3-5-7-22)14-15-30(26(32)33-27)19(2)20-8-10-21(11-9-20)24-13-12-23(28)16-25(24)29/h3-13,16,18-19,31H,14-15,17H2,1-2H3/t18?,19-,27?/m0/s1. The van der Waals surface area contributed by atoms with Crippen LogP contribution >= 0.6 is 0 Å². The molecule has 0 aromatic heterocycles. The number of ether oxygens (including phenoxy) is 1. The fourth-order valence-corrected chi connectivity index (χ4v) is 4.55. The van der Waals surface area contributed by atoms with Crippen LogP contribution in [0.25, 0.3) is 11.1 Å². The van der Waals surface area contributed by atoms with Crippen LogP contribution in [0.4, 0.5) is 13.6 Å². The predicted molar refractivity (Wildman–Crippen MR) is 122 cm³/mol. The summed E-state index contributed by atoms with van der Waals surface area (Å²) in [6.07, 6.45) is -0.187. The number of nitrogens with zero attached hydrogens (tertiary/aromatic N) is 1. The van der Waals surface area contributed by atoms with Gasteiger partial charge in [-0.15, -0.1) is 0 Å². The average Bonchev–Trinajstić information content (AvgIpc) is 2.79. The van der Waals surface area contributed by atoms with Crippen LogP contribution in [0.2, 0.25) is 0 Å². The molecule has 6 heteroatoms. The van der Waals surface area contributed by atoms with Gasteiger partial charge in [0.05, 0.1) is 12.1 Å². The number of halogens is 2. The predicted octanol–water partition coefficient (Wildman–Crippen LogP) is 6.20. The van der Waals surface area contributed by atoms with Crippen LogP contribution in [0.5, 0.6) is 0 Å². The average molecular weight is 452 g/mol. The van der Waals surface area contributed by atoms with Gasteiger partial charge in [0.15, 0.2) is 0 Å². The Morgan fingerprint density at radius 3 is 2.33 bits per heavy atom. The summed E-state index contributed by atoms with van der Waals surface area (Å²) in [5, 5.41) is 10.1. The van der Waals surface area contributed by atoms with E-state index in [1.807, 2.05) is 49.4 Å². The van der Waals surface area contributed by atoms with E-state index in [0.717, 1.165) is 17.2 Å². The fraction of sp³-hybridized carbons (Fsp3) is 0.296. The molecule has 1 N–H and O–H groups in total. The summed E-state index contributed by atoms with van der Waals surface area (Å²) in [6.45, 7) is 4.08. The van der Waals surface area contributed by atoms with Gasteiger partial charge in [-0.2, -0.15) is 0 Å². The van der Waals surface area contributed by atoms with Gasteiger partial charge in [0.25, 0.3) is 0 Å². The normalized spacial score (nSPS) is 20.3. The summed E-state index contributed by atoms with van der Waals surface area (Å²) in [4.78, 5) is 14.7. The number of rotatable bonds is 6. The number of hydrogen-bond acceptors (Lipinski definition) is 3. The second-order valence-electron chi connectivity index (χ2n) is 8.65. The smallest absolute Gasteiger partial charge is 0.411 e. The van der Waals surface area contributed by atoms with Crippen molar-refractivity contribution < 1.29 is 23.4 Å². The van der Waals surface area contributed by atoms with Gasteiger partial charge in [-0.05, 0) is 42.7 Å². The van der Waals surface area contributed by atoms with Crippen LogP contribution in [0.15, 0.2) is 72.8 Å². The molecule has 33 heavy (non-hydrogen) atoms. The third kappa shape index (κ3) is 4.76. The molecular weight excluding hydrogens is 424 g/mol. The first-order chi connectivity index (χ1) is 15.8. The lowest BCUT2D eigenvalue weighted by molar-refractivity contribution is -0.0815. The number of aliphatic hydroxyl groups excluding tert-OH is 1. The SMILES string of the molecule is CC(O)CC1(c2ccccc2)CCN([C@@H](C)c2ccc(-c3ccc(F)cc3F)cc2)C(=O)O1. The number of carbonyl (C=O) groups excluding carboxylic acids is 1. The zero-order valence-corrected chi connectivity index (χ0v) is 18.7. The van der Waals surface area contributed by atoms with Crippen LogP contribution in [0.3, 0.4) is 0 Å². The Morgan fingerprint density at radius 1 is 1.03 bits per heavy atom. The fourth-order valence-electron chi connectivity index (χ4n) is 4.55. The number of aliphatic hydroxyl groups is 1. The lowest BCUT2D eigenvalue weighted by Crippen LogP contribution is -2.49. The highest BCUT2D eigenvalue weighted by atomic mass is 19.1. The van der Waals surface area contributed by atoms with Gasteiger partial charge in [-0.3, -0.25) is 0 Å². The molecule has 0 bridgehead atoms. The summed E-state index contributed by atoms with van der Waals surface area (Å²) < 4.78 is 33.3. The maximum atomic E-state index is 14.1. The van der Waals surface area contributed by atoms with E-state index in [4.69, 9.17) is 4.74 Å². The number of amides is 1. The van der Waals surface area contributed by atoms with Crippen molar-refractivity contribution in [3.8, 4) is 11.1 Å². The maximum Gasteiger partial charge on any atom is 0.411 e. The second-order valence-corrected chi connectivity index (χ2v) is 8.65. The molecule has 0 aliphatic carbocycles. The zero-order valence-electron chi connectivity index (χ0n) is 18.7. The first kappa shape index (κ1) is 22.9. The van der Waals surface area contributed by atoms with E-state index in [1.54, 1.807) is 24.0 Å². The van der Waals surface area contributed by atoms with Crippen molar-refractivity contribution in [1.29, 1.82) is 0 Å². The van der Waals surface area contributed by atoms with Crippen molar-refractivity contribution in [1.82, 2.24) is 4.90 Å². The summed E-state index contributed by atoms with van der Waals surface area (Å²) in [7, 11) is 0.